The number of hydrogen-bond donors (Lipinski definition) is 2. The molecule has 2 aromatic rings. The maximum absolute atomic E-state index is 11.7. The second-order valence-electron chi connectivity index (χ2n) is 4.00. The number of nitrogens with one attached hydrogen (secondary N) is 1. The van der Waals surface area contributed by atoms with Gasteiger partial charge in [0.05, 0.1) is 0 Å². The summed E-state index contributed by atoms with van der Waals surface area (Å²) in [6.45, 7) is 0.0150. The van der Waals surface area contributed by atoms with E-state index in [4.69, 9.17) is 33.0 Å². The molecular weight excluding hydrogens is 333 g/mol. The van der Waals surface area contributed by atoms with Gasteiger partial charge in [-0.3, -0.25) is 5.32 Å². The van der Waals surface area contributed by atoms with Gasteiger partial charge >= 0.3 is 12.1 Å². The highest BCUT2D eigenvalue weighted by Gasteiger charge is 2.20. The quantitative estimate of drug-likeness (QED) is 0.653. The highest BCUT2D eigenvalue weighted by Crippen LogP contribution is 2.25. The van der Waals surface area contributed by atoms with Crippen LogP contribution in [-0.2, 0) is 11.3 Å². The number of hydrogen-bond acceptors (Lipinski definition) is 5. The summed E-state index contributed by atoms with van der Waals surface area (Å²) in [6.07, 6.45) is -0.890. The van der Waals surface area contributed by atoms with E-state index in [0.29, 0.717) is 0 Å². The second kappa shape index (κ2) is 7.06. The summed E-state index contributed by atoms with van der Waals surface area (Å²) in [7, 11) is 0. The molecule has 0 unspecified atom stereocenters. The molecule has 7 nitrogen and oxygen atoms in total. The number of aromatic nitrogens is 2. The van der Waals surface area contributed by atoms with Crippen molar-refractivity contribution < 1.29 is 19.4 Å². The molecule has 1 amide bonds. The van der Waals surface area contributed by atoms with Crippen LogP contribution >= 0.6 is 23.2 Å². The zero-order chi connectivity index (χ0) is 16.1. The van der Waals surface area contributed by atoms with Gasteiger partial charge in [0.2, 0.25) is 5.28 Å². The minimum Gasteiger partial charge on any atom is -0.476 e. The summed E-state index contributed by atoms with van der Waals surface area (Å²) in [5, 5.41) is 10.6. The third-order valence-electron chi connectivity index (χ3n) is 2.48. The Labute approximate surface area is 134 Å². The van der Waals surface area contributed by atoms with E-state index < -0.39 is 17.8 Å². The van der Waals surface area contributed by atoms with Crippen molar-refractivity contribution in [2.75, 3.05) is 5.32 Å². The van der Waals surface area contributed by atoms with Crippen molar-refractivity contribution in [2.24, 2.45) is 0 Å². The van der Waals surface area contributed by atoms with Gasteiger partial charge in [-0.2, -0.15) is 0 Å². The van der Waals surface area contributed by atoms with Crippen molar-refractivity contribution in [3.8, 4) is 0 Å². The van der Waals surface area contributed by atoms with Crippen molar-refractivity contribution >= 4 is 41.0 Å². The number of carbonyl (C=O) groups is 2. The summed E-state index contributed by atoms with van der Waals surface area (Å²) in [5.41, 5.74) is -0.0344. The van der Waals surface area contributed by atoms with Crippen LogP contribution in [0.1, 0.15) is 16.1 Å². The fourth-order valence-electron chi connectivity index (χ4n) is 1.53. The molecule has 0 aliphatic heterocycles. The molecule has 0 saturated heterocycles. The van der Waals surface area contributed by atoms with E-state index in [1.54, 1.807) is 24.3 Å². The van der Waals surface area contributed by atoms with Crippen LogP contribution in [0.4, 0.5) is 10.5 Å². The third-order valence-corrected chi connectivity index (χ3v) is 2.92. The van der Waals surface area contributed by atoms with Crippen LogP contribution in [0, 0.1) is 0 Å². The number of carboxylic acid groups (broad SMARTS) is 1. The number of aromatic carboxylic acids is 1. The van der Waals surface area contributed by atoms with Crippen molar-refractivity contribution in [3.63, 3.8) is 0 Å². The summed E-state index contributed by atoms with van der Waals surface area (Å²) in [5.74, 6) is -1.41. The molecule has 2 N–H and O–H groups in total. The van der Waals surface area contributed by atoms with Crippen LogP contribution in [0.25, 0.3) is 0 Å². The lowest BCUT2D eigenvalue weighted by atomic mass is 10.2. The van der Waals surface area contributed by atoms with E-state index in [-0.39, 0.29) is 22.7 Å². The summed E-state index contributed by atoms with van der Waals surface area (Å²) < 4.78 is 4.96. The molecule has 0 spiro atoms. The molecule has 114 valence electrons. The number of carboxylic acids is 1. The number of anilines is 1. The van der Waals surface area contributed by atoms with Crippen LogP contribution in [0.5, 0.6) is 0 Å². The topological polar surface area (TPSA) is 101 Å². The highest BCUT2D eigenvalue weighted by atomic mass is 35.5. The average Bonchev–Trinajstić information content (AvgIpc) is 2.48. The first-order chi connectivity index (χ1) is 10.5. The molecule has 0 saturated carbocycles. The number of ether oxygens (including phenoxy) is 1. The summed E-state index contributed by atoms with van der Waals surface area (Å²) in [6, 6.07) is 8.96. The lowest BCUT2D eigenvalue weighted by Crippen LogP contribution is -2.18. The molecule has 0 radical (unpaired) electrons. The van der Waals surface area contributed by atoms with Crippen molar-refractivity contribution in [1.82, 2.24) is 9.97 Å². The SMILES string of the molecule is O=C(Nc1c(Cl)nc(Cl)nc1C(=O)O)OCc1ccccc1. The van der Waals surface area contributed by atoms with E-state index in [0.717, 1.165) is 5.56 Å². The van der Waals surface area contributed by atoms with Gasteiger partial charge < -0.3 is 9.84 Å². The van der Waals surface area contributed by atoms with Gasteiger partial charge in [0.1, 0.15) is 12.3 Å². The molecule has 22 heavy (non-hydrogen) atoms. The Kier molecular flexibility index (Phi) is 5.13. The maximum Gasteiger partial charge on any atom is 0.412 e. The Hall–Kier alpha value is -2.38. The van der Waals surface area contributed by atoms with Crippen LogP contribution < -0.4 is 5.32 Å². The van der Waals surface area contributed by atoms with E-state index in [9.17, 15) is 9.59 Å². The molecule has 0 aliphatic rings. The van der Waals surface area contributed by atoms with Crippen LogP contribution in [-0.4, -0.2) is 27.1 Å². The fraction of sp³-hybridized carbons (Fsp3) is 0.0769. The highest BCUT2D eigenvalue weighted by molar-refractivity contribution is 6.34. The number of carbonyl (C=O) groups excluding carboxylic acids is 1. The molecule has 2 rings (SSSR count). The van der Waals surface area contributed by atoms with Gasteiger partial charge in [-0.15, -0.1) is 0 Å². The monoisotopic (exact) mass is 341 g/mol. The average molecular weight is 342 g/mol. The summed E-state index contributed by atoms with van der Waals surface area (Å²) >= 11 is 11.3. The Morgan fingerprint density at radius 1 is 1.18 bits per heavy atom. The lowest BCUT2D eigenvalue weighted by molar-refractivity contribution is 0.0691. The normalized spacial score (nSPS) is 10.1. The van der Waals surface area contributed by atoms with Gasteiger partial charge in [-0.1, -0.05) is 41.9 Å². The Balaban J connectivity index is 2.10. The van der Waals surface area contributed by atoms with Gasteiger partial charge in [0.25, 0.3) is 0 Å². The first-order valence-corrected chi connectivity index (χ1v) is 6.67. The number of halogens is 2. The van der Waals surface area contributed by atoms with Crippen LogP contribution in [0.2, 0.25) is 10.4 Å². The molecule has 1 aromatic heterocycles. The predicted octanol–water partition coefficient (Wildman–Crippen LogP) is 3.23. The molecule has 0 bridgehead atoms. The predicted molar refractivity (Wildman–Crippen MR) is 79.3 cm³/mol. The molecule has 0 atom stereocenters. The zero-order valence-electron chi connectivity index (χ0n) is 10.9. The van der Waals surface area contributed by atoms with Gasteiger partial charge in [0, 0.05) is 0 Å². The Morgan fingerprint density at radius 2 is 1.86 bits per heavy atom. The van der Waals surface area contributed by atoms with Gasteiger partial charge in [0.15, 0.2) is 10.8 Å². The van der Waals surface area contributed by atoms with Gasteiger partial charge in [-0.25, -0.2) is 19.6 Å². The molecule has 1 aromatic carbocycles. The van der Waals surface area contributed by atoms with Crippen LogP contribution in [0.15, 0.2) is 30.3 Å². The molecule has 9 heteroatoms. The smallest absolute Gasteiger partial charge is 0.412 e. The third kappa shape index (κ3) is 4.06. The summed E-state index contributed by atoms with van der Waals surface area (Å²) in [4.78, 5) is 29.9. The van der Waals surface area contributed by atoms with E-state index in [1.807, 2.05) is 6.07 Å². The van der Waals surface area contributed by atoms with Gasteiger partial charge in [-0.05, 0) is 17.2 Å². The standard InChI is InChI=1S/C13H9Cl2N3O4/c14-10-8(9(11(19)20)16-12(15)18-10)17-13(21)22-6-7-4-2-1-3-5-7/h1-5H,6H2,(H,17,21)(H,19,20). The first-order valence-electron chi connectivity index (χ1n) is 5.91. The largest absolute Gasteiger partial charge is 0.476 e. The maximum atomic E-state index is 11.7. The lowest BCUT2D eigenvalue weighted by Gasteiger charge is -2.10. The number of amides is 1. The van der Waals surface area contributed by atoms with Crippen LogP contribution in [0.3, 0.4) is 0 Å². The second-order valence-corrected chi connectivity index (χ2v) is 4.70. The molecule has 0 aliphatic carbocycles. The van der Waals surface area contributed by atoms with Crippen molar-refractivity contribution in [3.05, 3.63) is 52.0 Å². The molecule has 0 fully saturated rings. The van der Waals surface area contributed by atoms with E-state index >= 15 is 0 Å². The zero-order valence-corrected chi connectivity index (χ0v) is 12.4. The number of nitrogens with zero attached hydrogens (tertiary/aromatic N) is 2. The fourth-order valence-corrected chi connectivity index (χ4v) is 1.96. The van der Waals surface area contributed by atoms with Crippen molar-refractivity contribution in [2.45, 2.75) is 6.61 Å². The number of rotatable bonds is 4. The Bertz CT molecular complexity index is 710. The minimum absolute atomic E-state index is 0.0150. The minimum atomic E-state index is -1.41. The van der Waals surface area contributed by atoms with Crippen molar-refractivity contribution in [1.29, 1.82) is 0 Å². The van der Waals surface area contributed by atoms with E-state index in [2.05, 4.69) is 15.3 Å². The molecule has 1 heterocycles. The first kappa shape index (κ1) is 16.0. The van der Waals surface area contributed by atoms with E-state index in [1.165, 1.54) is 0 Å². The number of benzene rings is 1. The Morgan fingerprint density at radius 3 is 2.50 bits per heavy atom. The molecular formula is C13H9Cl2N3O4.